The molecule has 0 saturated carbocycles. The second-order valence-corrected chi connectivity index (χ2v) is 6.11. The topological polar surface area (TPSA) is 122 Å². The van der Waals surface area contributed by atoms with E-state index in [1.54, 1.807) is 0 Å². The summed E-state index contributed by atoms with van der Waals surface area (Å²) in [5.74, 6) is -1.43. The highest BCUT2D eigenvalue weighted by molar-refractivity contribution is 6.06. The maximum absolute atomic E-state index is 12.4. The van der Waals surface area contributed by atoms with E-state index < -0.39 is 29.8 Å². The zero-order valence-electron chi connectivity index (χ0n) is 14.3. The number of imide groups is 1. The van der Waals surface area contributed by atoms with Gasteiger partial charge in [0.2, 0.25) is 11.8 Å². The molecule has 2 aromatic carbocycles. The third-order valence-corrected chi connectivity index (χ3v) is 4.13. The fraction of sp³-hybridized carbons (Fsp3) is 0.158. The van der Waals surface area contributed by atoms with Gasteiger partial charge >= 0.3 is 6.03 Å². The average Bonchev–Trinajstić information content (AvgIpc) is 2.90. The number of nitrogens with zero attached hydrogens (tertiary/aromatic N) is 1. The number of hydrogen-bond acceptors (Lipinski definition) is 4. The molecule has 0 aromatic heterocycles. The monoisotopic (exact) mass is 366 g/mol. The van der Waals surface area contributed by atoms with Crippen molar-refractivity contribution in [1.82, 2.24) is 10.2 Å². The average molecular weight is 366 g/mol. The number of rotatable bonds is 6. The molecule has 3 rings (SSSR count). The minimum absolute atomic E-state index is 0.151. The molecule has 1 aliphatic rings. The van der Waals surface area contributed by atoms with Gasteiger partial charge in [0.15, 0.2) is 0 Å². The first-order chi connectivity index (χ1) is 12.9. The number of carbonyl (C=O) groups excluding carboxylic acids is 4. The summed E-state index contributed by atoms with van der Waals surface area (Å²) in [4.78, 5) is 48.8. The number of benzene rings is 2. The minimum atomic E-state index is -0.911. The van der Waals surface area contributed by atoms with E-state index in [9.17, 15) is 19.2 Å². The van der Waals surface area contributed by atoms with Gasteiger partial charge in [-0.25, -0.2) is 4.79 Å². The number of nitrogens with one attached hydrogen (secondary N) is 2. The Morgan fingerprint density at radius 2 is 1.70 bits per heavy atom. The van der Waals surface area contributed by atoms with Crippen molar-refractivity contribution >= 4 is 29.4 Å². The van der Waals surface area contributed by atoms with Crippen molar-refractivity contribution in [2.75, 3.05) is 5.32 Å². The van der Waals surface area contributed by atoms with Crippen LogP contribution in [0.15, 0.2) is 54.6 Å². The fourth-order valence-corrected chi connectivity index (χ4v) is 2.75. The molecule has 1 fully saturated rings. The summed E-state index contributed by atoms with van der Waals surface area (Å²) in [7, 11) is 0. The smallest absolute Gasteiger partial charge is 0.325 e. The van der Waals surface area contributed by atoms with E-state index in [0.29, 0.717) is 11.3 Å². The van der Waals surface area contributed by atoms with Gasteiger partial charge in [0.1, 0.15) is 6.04 Å². The highest BCUT2D eigenvalue weighted by Crippen LogP contribution is 2.15. The summed E-state index contributed by atoms with van der Waals surface area (Å²) in [6.45, 7) is 0.151. The zero-order valence-corrected chi connectivity index (χ0v) is 14.3. The lowest BCUT2D eigenvalue weighted by atomic mass is 10.1. The fourth-order valence-electron chi connectivity index (χ4n) is 2.75. The van der Waals surface area contributed by atoms with E-state index in [-0.39, 0.29) is 13.0 Å². The summed E-state index contributed by atoms with van der Waals surface area (Å²) < 4.78 is 0. The molecule has 0 aliphatic carbocycles. The highest BCUT2D eigenvalue weighted by atomic mass is 16.2. The summed E-state index contributed by atoms with van der Waals surface area (Å²) >= 11 is 0. The molecule has 5 amide bonds. The van der Waals surface area contributed by atoms with Crippen molar-refractivity contribution in [1.29, 1.82) is 0 Å². The molecule has 1 heterocycles. The Bertz CT molecular complexity index is 880. The Labute approximate surface area is 155 Å². The second kappa shape index (κ2) is 7.69. The van der Waals surface area contributed by atoms with Crippen LogP contribution in [0.3, 0.4) is 0 Å². The summed E-state index contributed by atoms with van der Waals surface area (Å²) in [5, 5.41) is 5.15. The van der Waals surface area contributed by atoms with Crippen LogP contribution in [-0.4, -0.2) is 34.7 Å². The molecule has 1 atom stereocenters. The van der Waals surface area contributed by atoms with E-state index in [2.05, 4.69) is 10.6 Å². The van der Waals surface area contributed by atoms with Crippen molar-refractivity contribution in [3.8, 4) is 0 Å². The Hall–Kier alpha value is -3.68. The van der Waals surface area contributed by atoms with E-state index >= 15 is 0 Å². The lowest BCUT2D eigenvalue weighted by Gasteiger charge is -2.13. The molecule has 8 heteroatoms. The molecule has 0 radical (unpaired) electrons. The first-order valence-corrected chi connectivity index (χ1v) is 8.29. The quantitative estimate of drug-likeness (QED) is 0.666. The van der Waals surface area contributed by atoms with Gasteiger partial charge in [-0.3, -0.25) is 19.3 Å². The van der Waals surface area contributed by atoms with Crippen LogP contribution in [0.25, 0.3) is 0 Å². The lowest BCUT2D eigenvalue weighted by molar-refractivity contribution is -0.130. The van der Waals surface area contributed by atoms with Crippen molar-refractivity contribution in [3.63, 3.8) is 0 Å². The number of urea groups is 1. The van der Waals surface area contributed by atoms with Gasteiger partial charge in [0.05, 0.1) is 13.0 Å². The number of hydrogen-bond donors (Lipinski definition) is 3. The number of anilines is 1. The maximum Gasteiger partial charge on any atom is 0.325 e. The third-order valence-electron chi connectivity index (χ3n) is 4.13. The van der Waals surface area contributed by atoms with Crippen LogP contribution in [0.5, 0.6) is 0 Å². The van der Waals surface area contributed by atoms with Gasteiger partial charge in [0.25, 0.3) is 5.91 Å². The molecule has 4 N–H and O–H groups in total. The van der Waals surface area contributed by atoms with Gasteiger partial charge in [-0.1, -0.05) is 30.3 Å². The molecular weight excluding hydrogens is 348 g/mol. The molecular formula is C19H18N4O4. The minimum Gasteiger partial charge on any atom is -0.366 e. The predicted octanol–water partition coefficient (Wildman–Crippen LogP) is 1.23. The first-order valence-electron chi connectivity index (χ1n) is 8.29. The Morgan fingerprint density at radius 3 is 2.33 bits per heavy atom. The summed E-state index contributed by atoms with van der Waals surface area (Å²) in [5.41, 5.74) is 6.76. The molecule has 0 unspecified atom stereocenters. The standard InChI is InChI=1S/C19H18N4O4/c20-17(25)13-6-8-14(9-7-13)21-16(24)10-15-18(26)23(19(27)22-15)11-12-4-2-1-3-5-12/h1-9,15H,10-11H2,(H2,20,25)(H,21,24)(H,22,27)/t15-/m0/s1. The summed E-state index contributed by atoms with van der Waals surface area (Å²) in [6.07, 6.45) is -0.187. The molecule has 1 aliphatic heterocycles. The molecule has 138 valence electrons. The predicted molar refractivity (Wildman–Crippen MR) is 97.5 cm³/mol. The van der Waals surface area contributed by atoms with Crippen molar-refractivity contribution < 1.29 is 19.2 Å². The lowest BCUT2D eigenvalue weighted by Crippen LogP contribution is -2.34. The second-order valence-electron chi connectivity index (χ2n) is 6.11. The molecule has 8 nitrogen and oxygen atoms in total. The van der Waals surface area contributed by atoms with Crippen LogP contribution in [0.4, 0.5) is 10.5 Å². The van der Waals surface area contributed by atoms with Gasteiger partial charge in [-0.2, -0.15) is 0 Å². The number of carbonyl (C=O) groups is 4. The van der Waals surface area contributed by atoms with Crippen molar-refractivity contribution in [3.05, 3.63) is 65.7 Å². The Kier molecular flexibility index (Phi) is 5.16. The van der Waals surface area contributed by atoms with Crippen molar-refractivity contribution in [2.45, 2.75) is 19.0 Å². The molecule has 0 bridgehead atoms. The van der Waals surface area contributed by atoms with Crippen LogP contribution < -0.4 is 16.4 Å². The largest absolute Gasteiger partial charge is 0.366 e. The molecule has 27 heavy (non-hydrogen) atoms. The van der Waals surface area contributed by atoms with E-state index in [1.807, 2.05) is 30.3 Å². The number of primary amides is 1. The maximum atomic E-state index is 12.4. The van der Waals surface area contributed by atoms with Crippen LogP contribution in [0, 0.1) is 0 Å². The van der Waals surface area contributed by atoms with Crippen LogP contribution in [0.2, 0.25) is 0 Å². The van der Waals surface area contributed by atoms with Gasteiger partial charge in [-0.05, 0) is 29.8 Å². The third kappa shape index (κ3) is 4.30. The van der Waals surface area contributed by atoms with E-state index in [1.165, 1.54) is 24.3 Å². The normalized spacial score (nSPS) is 16.1. The van der Waals surface area contributed by atoms with Crippen LogP contribution >= 0.6 is 0 Å². The van der Waals surface area contributed by atoms with Gasteiger partial charge < -0.3 is 16.4 Å². The Balaban J connectivity index is 1.58. The van der Waals surface area contributed by atoms with Crippen LogP contribution in [-0.2, 0) is 16.1 Å². The number of amides is 5. The van der Waals surface area contributed by atoms with E-state index in [4.69, 9.17) is 5.73 Å². The molecule has 0 spiro atoms. The van der Waals surface area contributed by atoms with Gasteiger partial charge in [-0.15, -0.1) is 0 Å². The summed E-state index contributed by atoms with van der Waals surface area (Å²) in [6, 6.07) is 13.7. The molecule has 1 saturated heterocycles. The van der Waals surface area contributed by atoms with E-state index in [0.717, 1.165) is 10.5 Å². The SMILES string of the molecule is NC(=O)c1ccc(NC(=O)C[C@@H]2NC(=O)N(Cc3ccccc3)C2=O)cc1. The number of nitrogens with two attached hydrogens (primary N) is 1. The first kappa shape index (κ1) is 18.1. The van der Waals surface area contributed by atoms with Gasteiger partial charge in [0, 0.05) is 11.3 Å². The highest BCUT2D eigenvalue weighted by Gasteiger charge is 2.38. The van der Waals surface area contributed by atoms with Crippen LogP contribution in [0.1, 0.15) is 22.3 Å². The van der Waals surface area contributed by atoms with Crippen molar-refractivity contribution in [2.24, 2.45) is 5.73 Å². The Morgan fingerprint density at radius 1 is 1.04 bits per heavy atom. The molecule has 2 aromatic rings. The zero-order chi connectivity index (χ0) is 19.4.